The number of thiocarbonyl (C=S) groups is 1. The molecule has 28 heavy (non-hydrogen) atoms. The van der Waals surface area contributed by atoms with Gasteiger partial charge in [-0.05, 0) is 57.9 Å². The summed E-state index contributed by atoms with van der Waals surface area (Å²) in [6.45, 7) is 0. The predicted molar refractivity (Wildman–Crippen MR) is 116 cm³/mol. The molecule has 2 aromatic rings. The van der Waals surface area contributed by atoms with E-state index in [4.69, 9.17) is 12.2 Å². The van der Waals surface area contributed by atoms with Gasteiger partial charge in [0.1, 0.15) is 0 Å². The minimum atomic E-state index is -4.49. The number of rotatable bonds is 3. The van der Waals surface area contributed by atoms with E-state index in [1.165, 1.54) is 12.1 Å². The number of alkyl halides is 3. The molecule has 0 bridgehead atoms. The van der Waals surface area contributed by atoms with E-state index in [1.807, 2.05) is 37.2 Å². The maximum absolute atomic E-state index is 13.0. The van der Waals surface area contributed by atoms with Crippen LogP contribution < -0.4 is 9.80 Å². The van der Waals surface area contributed by atoms with Crippen molar-refractivity contribution >= 4 is 67.6 Å². The van der Waals surface area contributed by atoms with Crippen LogP contribution in [-0.4, -0.2) is 24.3 Å². The summed E-state index contributed by atoms with van der Waals surface area (Å²) in [5, 5.41) is 0. The highest BCUT2D eigenvalue weighted by atomic mass is 79.9. The van der Waals surface area contributed by atoms with Crippen LogP contribution in [0.4, 0.5) is 24.5 Å². The van der Waals surface area contributed by atoms with Crippen molar-refractivity contribution in [2.45, 2.75) is 6.18 Å². The lowest BCUT2D eigenvalue weighted by Crippen LogP contribution is -2.27. The first-order valence-corrected chi connectivity index (χ1v) is 10.0. The van der Waals surface area contributed by atoms with Gasteiger partial charge < -0.3 is 4.90 Å². The number of hydrogen-bond donors (Lipinski definition) is 0. The molecule has 1 aliphatic rings. The second kappa shape index (κ2) is 7.88. The first-order valence-electron chi connectivity index (χ1n) is 8.00. The molecule has 146 valence electrons. The van der Waals surface area contributed by atoms with E-state index in [0.717, 1.165) is 44.5 Å². The molecule has 2 aromatic carbocycles. The molecule has 9 heteroatoms. The molecule has 3 rings (SSSR count). The number of carbonyl (C=O) groups is 1. The lowest BCUT2D eigenvalue weighted by atomic mass is 10.1. The van der Waals surface area contributed by atoms with Crippen LogP contribution in [0.1, 0.15) is 11.1 Å². The molecule has 0 unspecified atom stereocenters. The van der Waals surface area contributed by atoms with Gasteiger partial charge in [-0.15, -0.1) is 0 Å². The van der Waals surface area contributed by atoms with E-state index in [2.05, 4.69) is 15.9 Å². The van der Waals surface area contributed by atoms with Crippen LogP contribution in [0, 0.1) is 0 Å². The SMILES string of the molecule is CN(C)c1ccc(/C=C2/SC(=S)N(c3cccc(C(F)(F)F)c3)C2=O)cc1Br. The highest BCUT2D eigenvalue weighted by Crippen LogP contribution is 2.39. The highest BCUT2D eigenvalue weighted by molar-refractivity contribution is 9.10. The maximum atomic E-state index is 13.0. The van der Waals surface area contributed by atoms with Gasteiger partial charge in [0.05, 0.1) is 21.8 Å². The Morgan fingerprint density at radius 1 is 1.18 bits per heavy atom. The smallest absolute Gasteiger partial charge is 0.377 e. The Morgan fingerprint density at radius 3 is 2.50 bits per heavy atom. The van der Waals surface area contributed by atoms with Gasteiger partial charge in [-0.2, -0.15) is 13.2 Å². The van der Waals surface area contributed by atoms with Gasteiger partial charge in [0.2, 0.25) is 0 Å². The molecule has 0 spiro atoms. The zero-order valence-electron chi connectivity index (χ0n) is 14.7. The summed E-state index contributed by atoms with van der Waals surface area (Å²) in [5.41, 5.74) is 1.03. The van der Waals surface area contributed by atoms with Crippen molar-refractivity contribution in [2.24, 2.45) is 0 Å². The average molecular weight is 487 g/mol. The third-order valence-electron chi connectivity index (χ3n) is 3.98. The van der Waals surface area contributed by atoms with Crippen LogP contribution in [0.15, 0.2) is 51.8 Å². The minimum Gasteiger partial charge on any atom is -0.377 e. The molecule has 0 saturated carbocycles. The first kappa shape index (κ1) is 20.9. The van der Waals surface area contributed by atoms with Crippen LogP contribution in [0.25, 0.3) is 6.08 Å². The Bertz CT molecular complexity index is 989. The van der Waals surface area contributed by atoms with Crippen molar-refractivity contribution in [3.63, 3.8) is 0 Å². The zero-order valence-corrected chi connectivity index (χ0v) is 18.0. The van der Waals surface area contributed by atoms with Crippen LogP contribution in [0.3, 0.4) is 0 Å². The van der Waals surface area contributed by atoms with E-state index < -0.39 is 17.6 Å². The highest BCUT2D eigenvalue weighted by Gasteiger charge is 2.36. The summed E-state index contributed by atoms with van der Waals surface area (Å²) >= 11 is 9.80. The quantitative estimate of drug-likeness (QED) is 0.395. The van der Waals surface area contributed by atoms with Crippen molar-refractivity contribution in [2.75, 3.05) is 23.9 Å². The number of thioether (sulfide) groups is 1. The Labute approximate surface area is 178 Å². The monoisotopic (exact) mass is 486 g/mol. The number of benzene rings is 2. The normalized spacial score (nSPS) is 16.2. The number of anilines is 2. The molecular formula is C19H14BrF3N2OS2. The van der Waals surface area contributed by atoms with Gasteiger partial charge in [0, 0.05) is 18.6 Å². The van der Waals surface area contributed by atoms with Crippen molar-refractivity contribution in [1.82, 2.24) is 0 Å². The lowest BCUT2D eigenvalue weighted by Gasteiger charge is -2.16. The Morgan fingerprint density at radius 2 is 1.89 bits per heavy atom. The van der Waals surface area contributed by atoms with Gasteiger partial charge >= 0.3 is 6.18 Å². The van der Waals surface area contributed by atoms with E-state index in [-0.39, 0.29) is 10.0 Å². The molecular weight excluding hydrogens is 473 g/mol. The summed E-state index contributed by atoms with van der Waals surface area (Å²) in [6.07, 6.45) is -2.82. The summed E-state index contributed by atoms with van der Waals surface area (Å²) < 4.78 is 40.0. The van der Waals surface area contributed by atoms with Crippen LogP contribution >= 0.6 is 39.9 Å². The average Bonchev–Trinajstić information content (AvgIpc) is 2.87. The Kier molecular flexibility index (Phi) is 5.88. The fourth-order valence-corrected chi connectivity index (χ4v) is 4.69. The fraction of sp³-hybridized carbons (Fsp3) is 0.158. The molecule has 0 N–H and O–H groups in total. The summed E-state index contributed by atoms with van der Waals surface area (Å²) in [6, 6.07) is 10.2. The second-order valence-corrected chi connectivity index (χ2v) is 8.70. The molecule has 1 heterocycles. The Balaban J connectivity index is 1.92. The first-order chi connectivity index (χ1) is 13.1. The van der Waals surface area contributed by atoms with Crippen LogP contribution in [0.5, 0.6) is 0 Å². The van der Waals surface area contributed by atoms with Gasteiger partial charge in [-0.3, -0.25) is 9.69 Å². The van der Waals surface area contributed by atoms with E-state index >= 15 is 0 Å². The molecule has 1 saturated heterocycles. The number of carbonyl (C=O) groups excluding carboxylic acids is 1. The van der Waals surface area contributed by atoms with Gasteiger partial charge in [-0.1, -0.05) is 36.1 Å². The molecule has 0 radical (unpaired) electrons. The number of halogens is 4. The Hall–Kier alpha value is -1.84. The van der Waals surface area contributed by atoms with Crippen LogP contribution in [0.2, 0.25) is 0 Å². The molecule has 3 nitrogen and oxygen atoms in total. The number of nitrogens with zero attached hydrogens (tertiary/aromatic N) is 2. The van der Waals surface area contributed by atoms with Gasteiger partial charge in [0.25, 0.3) is 5.91 Å². The number of hydrogen-bond acceptors (Lipinski definition) is 4. The second-order valence-electron chi connectivity index (χ2n) is 6.17. The summed E-state index contributed by atoms with van der Waals surface area (Å²) in [7, 11) is 3.83. The van der Waals surface area contributed by atoms with Gasteiger partial charge in [0.15, 0.2) is 4.32 Å². The molecule has 1 amide bonds. The molecule has 1 fully saturated rings. The maximum Gasteiger partial charge on any atom is 0.416 e. The standard InChI is InChI=1S/C19H14BrF3N2OS2/c1-24(2)15-7-6-11(8-14(15)20)9-16-17(26)25(18(27)28-16)13-5-3-4-12(10-13)19(21,22)23/h3-10H,1-2H3/b16-9+. The van der Waals surface area contributed by atoms with Crippen molar-refractivity contribution in [3.05, 3.63) is 63.0 Å². The molecule has 1 aliphatic heterocycles. The molecule has 0 atom stereocenters. The van der Waals surface area contributed by atoms with Crippen molar-refractivity contribution in [3.8, 4) is 0 Å². The minimum absolute atomic E-state index is 0.102. The van der Waals surface area contributed by atoms with E-state index in [9.17, 15) is 18.0 Å². The van der Waals surface area contributed by atoms with Gasteiger partial charge in [-0.25, -0.2) is 0 Å². The zero-order chi connectivity index (χ0) is 20.6. The predicted octanol–water partition coefficient (Wildman–Crippen LogP) is 5.94. The van der Waals surface area contributed by atoms with Crippen molar-refractivity contribution < 1.29 is 18.0 Å². The van der Waals surface area contributed by atoms with E-state index in [0.29, 0.717) is 4.91 Å². The molecule has 0 aromatic heterocycles. The third kappa shape index (κ3) is 4.26. The van der Waals surface area contributed by atoms with E-state index in [1.54, 1.807) is 6.08 Å². The van der Waals surface area contributed by atoms with Crippen LogP contribution in [-0.2, 0) is 11.0 Å². The largest absolute Gasteiger partial charge is 0.416 e. The third-order valence-corrected chi connectivity index (χ3v) is 5.91. The topological polar surface area (TPSA) is 23.6 Å². The lowest BCUT2D eigenvalue weighted by molar-refractivity contribution is -0.137. The van der Waals surface area contributed by atoms with Crippen molar-refractivity contribution in [1.29, 1.82) is 0 Å². The fourth-order valence-electron chi connectivity index (χ4n) is 2.64. The summed E-state index contributed by atoms with van der Waals surface area (Å²) in [4.78, 5) is 16.2. The molecule has 0 aliphatic carbocycles. The summed E-state index contributed by atoms with van der Waals surface area (Å²) in [5.74, 6) is -0.442. The number of amides is 1.